The number of likely N-dealkylation sites (tertiary alicyclic amines) is 1. The van der Waals surface area contributed by atoms with Crippen LogP contribution in [0.2, 0.25) is 0 Å². The summed E-state index contributed by atoms with van der Waals surface area (Å²) < 4.78 is 87.0. The minimum absolute atomic E-state index is 0.0116. The van der Waals surface area contributed by atoms with Crippen molar-refractivity contribution in [2.24, 2.45) is 69.0 Å². The average molecular weight is 2020 g/mol. The molecule has 5 aromatic rings. The highest BCUT2D eigenvalue weighted by molar-refractivity contribution is 14.1. The fourth-order valence-electron chi connectivity index (χ4n) is 26.3. The quantitative estimate of drug-likeness (QED) is 0.00584. The lowest BCUT2D eigenvalue weighted by molar-refractivity contribution is -0.363. The fraction of sp³-hybridized carbons (Fsp3) is 0.609. The summed E-state index contributed by atoms with van der Waals surface area (Å²) in [5, 5.41) is 64.7. The lowest BCUT2D eigenvalue weighted by Gasteiger charge is -2.60. The van der Waals surface area contributed by atoms with Gasteiger partial charge >= 0.3 is 37.3 Å². The summed E-state index contributed by atoms with van der Waals surface area (Å²) in [7, 11) is 0. The van der Waals surface area contributed by atoms with Crippen molar-refractivity contribution in [2.45, 2.75) is 273 Å². The van der Waals surface area contributed by atoms with Gasteiger partial charge in [0.1, 0.15) is 70.0 Å². The Kier molecular flexibility index (Phi) is 24.6. The summed E-state index contributed by atoms with van der Waals surface area (Å²) in [6, 6.07) is 3.52. The van der Waals surface area contributed by atoms with Crippen molar-refractivity contribution in [1.82, 2.24) is 57.8 Å². The first-order valence-electron chi connectivity index (χ1n) is 45.9. The third-order valence-electron chi connectivity index (χ3n) is 33.4. The number of aliphatic hydroxyl groups excluding tert-OH is 2. The summed E-state index contributed by atoms with van der Waals surface area (Å²) in [6.07, 6.45) is 20.7. The number of Topliss-reactive ketones (excluding diaryl/α,β-unsaturated/α-hetero) is 4. The molecule has 2 amide bonds. The Morgan fingerprint density at radius 2 is 1.02 bits per heavy atom. The van der Waals surface area contributed by atoms with Gasteiger partial charge in [-0.3, -0.25) is 52.6 Å². The van der Waals surface area contributed by atoms with E-state index in [1.165, 1.54) is 14.3 Å². The van der Waals surface area contributed by atoms with Gasteiger partial charge in [-0.25, -0.2) is 23.5 Å². The molecule has 0 aromatic carbocycles. The summed E-state index contributed by atoms with van der Waals surface area (Å²) >= 11 is 3.87. The molecule has 0 spiro atoms. The molecule has 13 aliphatic rings. The first-order chi connectivity index (χ1) is 61.6. The van der Waals surface area contributed by atoms with E-state index in [0.717, 1.165) is 44.8 Å². The molecule has 0 radical (unpaired) electrons. The number of unbranched alkanes of at least 4 members (excludes halogenated alkanes) is 2. The van der Waals surface area contributed by atoms with Crippen molar-refractivity contribution >= 4 is 130 Å². The molecular weight excluding hydrogens is 1910 g/mol. The molecular formula is C92H114B2F4I2N14O16. The van der Waals surface area contributed by atoms with Crippen LogP contribution >= 0.6 is 45.2 Å². The van der Waals surface area contributed by atoms with Crippen molar-refractivity contribution in [3.05, 3.63) is 150 Å². The Morgan fingerprint density at radius 3 is 1.49 bits per heavy atom. The first-order valence-corrected chi connectivity index (χ1v) is 49.0. The van der Waals surface area contributed by atoms with Crippen LogP contribution in [0.3, 0.4) is 0 Å². The second-order valence-corrected chi connectivity index (χ2v) is 41.2. The molecule has 7 fully saturated rings. The Balaban J connectivity index is 0.000000182. The van der Waals surface area contributed by atoms with Crippen LogP contribution in [0.25, 0.3) is 12.2 Å². The van der Waals surface area contributed by atoms with Crippen LogP contribution < -0.4 is 11.4 Å². The number of aromatic nitrogens is 11. The van der Waals surface area contributed by atoms with Gasteiger partial charge in [0.25, 0.3) is 0 Å². The molecule has 2 unspecified atom stereocenters. The first kappa shape index (κ1) is 93.1. The van der Waals surface area contributed by atoms with E-state index in [1.807, 2.05) is 113 Å². The number of nitrogens with zero attached hydrogens (tertiary/aromatic N) is 14. The molecule has 30 nitrogen and oxygen atoms in total. The van der Waals surface area contributed by atoms with E-state index in [-0.39, 0.29) is 139 Å². The molecule has 696 valence electrons. The number of amides is 2. The maximum absolute atomic E-state index is 15.8. The van der Waals surface area contributed by atoms with E-state index >= 15 is 17.3 Å². The maximum atomic E-state index is 15.8. The van der Waals surface area contributed by atoms with E-state index in [2.05, 4.69) is 20.6 Å². The van der Waals surface area contributed by atoms with Crippen molar-refractivity contribution in [2.75, 3.05) is 8.86 Å². The predicted molar refractivity (Wildman–Crippen MR) is 487 cm³/mol. The van der Waals surface area contributed by atoms with Gasteiger partial charge in [-0.15, -0.1) is 10.2 Å². The summed E-state index contributed by atoms with van der Waals surface area (Å²) in [5.74, 6) is -5.60. The molecule has 7 aliphatic carbocycles. The van der Waals surface area contributed by atoms with Crippen LogP contribution in [-0.2, 0) is 87.1 Å². The number of ether oxygens (including phenoxy) is 2. The summed E-state index contributed by atoms with van der Waals surface area (Å²) in [6.45, 7) is 11.4. The molecule has 130 heavy (non-hydrogen) atoms. The molecule has 18 atom stereocenters. The third kappa shape index (κ3) is 14.5. The van der Waals surface area contributed by atoms with Gasteiger partial charge in [0.2, 0.25) is 11.8 Å². The molecule has 38 heteroatoms. The number of alkyl halides is 2. The van der Waals surface area contributed by atoms with Crippen molar-refractivity contribution in [1.29, 1.82) is 0 Å². The molecule has 4 N–H and O–H groups in total. The normalized spacial score (nSPS) is 32.7. The number of carbonyl (C=O) groups is 8. The average Bonchev–Trinajstić information content (AvgIpc) is 1.50. The second kappa shape index (κ2) is 34.3. The van der Waals surface area contributed by atoms with Crippen molar-refractivity contribution in [3.63, 3.8) is 0 Å². The number of halogens is 6. The number of ketones is 4. The standard InChI is InChI=1S/C47H58BF2IN6O8.C45H56BF2IN8O8/c1-26-18-28(3)56-38(26)20-33-11-10-32(57(33)48(56,49)50)12-13-34(58)8-6-7-17-54-24-31(52-53-54)25-55-43(62)35-14-9-30(19-37(35)44(55)63)36-21-40(65-41(60)23-51)45(5)27(2)15-16-46(29(36)4)22-39(59)42(61)47(45,46)64;1-26-18-28(3)56-36(26)19-33-10-9-32(57(33)46(56,47)48)11-12-34(58)8-6-7-16-52-24-31(50-51-52)25-53-41(62)54-17-14-30(23-55(54)42(53)63)35-20-38(65-39(60)22-49)43(5)27(2)13-15-44(29(35)4)21-37(59)40(61)45(43,44)64/h9-11,18,20,24,27,29,35-37,39-40,59,64H,6-8,12-17,19,21-23,25H2,1-5H3;9-10,14,18-19,24,27,29,35,37-38,59,64H,6-8,11-13,15-17,20-23,25H2,1-5H3/t27-,29+,35?,36-,37?,39+,40-,45+,46+,47-;27-,29+,35-,37+,38-,43+,44+,45-/m11/s1. The van der Waals surface area contributed by atoms with Gasteiger partial charge in [-0.05, 0) is 193 Å². The lowest BCUT2D eigenvalue weighted by Crippen LogP contribution is -2.69. The zero-order valence-corrected chi connectivity index (χ0v) is 79.3. The predicted octanol–water partition coefficient (Wildman–Crippen LogP) is 9.95. The van der Waals surface area contributed by atoms with E-state index in [4.69, 9.17) is 9.47 Å². The van der Waals surface area contributed by atoms with Crippen LogP contribution in [-0.4, -0.2) is 204 Å². The number of rotatable bonds is 26. The topological polar surface area (TPSA) is 365 Å². The number of imide groups is 1. The minimum Gasteiger partial charge on any atom is -0.461 e. The zero-order valence-electron chi connectivity index (χ0n) is 75.0. The molecule has 1 saturated heterocycles. The SMILES string of the molecule is Cc1cc(C)n2c1C=C1C=CC(CCC(=O)CCCCn3cc(CN4C(=O)C5CC=C([C@@H]6C[C@@H](OC(=O)CI)[C@]7(C)[C@H](C)CC[C@]8(C[C@H](O)C(=O)[C@]87O)[C@H]6C)CC5C4=O)nn3)=[N+]1[B-]2(F)F.Cc1cc(C)n2c1C=C1C=CC(CCC(=O)CCCCn3cc(Cn4c(=O)n5n(c4=O)CC([C@@H]4C[C@@H](OC(=O)CI)[C@]6(C)[C@H](C)CC[C@]7(C[C@H](O)C(=O)[C@]76O)[C@H]4C)=CC5)nn3)=[N+]1[B-]2(F)F. The monoisotopic (exact) mass is 2020 g/mol. The number of hydrogen-bond donors (Lipinski definition) is 4. The largest absolute Gasteiger partial charge is 0.737 e. The van der Waals surface area contributed by atoms with Crippen molar-refractivity contribution < 1.29 is 94.5 Å². The van der Waals surface area contributed by atoms with Gasteiger partial charge in [0.15, 0.2) is 23.0 Å². The van der Waals surface area contributed by atoms with E-state index < -0.39 is 118 Å². The van der Waals surface area contributed by atoms with Crippen molar-refractivity contribution in [3.8, 4) is 0 Å². The Hall–Kier alpha value is -8.73. The molecule has 5 aromatic heterocycles. The van der Waals surface area contributed by atoms with Gasteiger partial charge in [0.05, 0.1) is 59.3 Å². The Labute approximate surface area is 776 Å². The highest BCUT2D eigenvalue weighted by Crippen LogP contribution is 2.73. The Bertz CT molecular complexity index is 5990. The lowest BCUT2D eigenvalue weighted by atomic mass is 9.46. The van der Waals surface area contributed by atoms with E-state index in [1.54, 1.807) is 84.2 Å². The number of fused-ring (bicyclic) bond motifs is 6. The summed E-state index contributed by atoms with van der Waals surface area (Å²) in [5.41, 5.74) is -1.29. The third-order valence-corrected chi connectivity index (χ3v) is 34.6. The van der Waals surface area contributed by atoms with Crippen LogP contribution in [0.5, 0.6) is 0 Å². The van der Waals surface area contributed by atoms with Crippen LogP contribution in [0, 0.1) is 96.7 Å². The summed E-state index contributed by atoms with van der Waals surface area (Å²) in [4.78, 5) is 136. The highest BCUT2D eigenvalue weighted by Gasteiger charge is 2.81. The van der Waals surface area contributed by atoms with E-state index in [9.17, 15) is 68.4 Å². The van der Waals surface area contributed by atoms with E-state index in [0.29, 0.717) is 154 Å². The fourth-order valence-corrected chi connectivity index (χ4v) is 26.6. The zero-order chi connectivity index (χ0) is 93.1. The van der Waals surface area contributed by atoms with Gasteiger partial charge in [-0.2, -0.15) is 0 Å². The number of esters is 2. The smallest absolute Gasteiger partial charge is 0.461 e. The molecule has 4 bridgehead atoms. The molecule has 11 heterocycles. The second-order valence-electron chi connectivity index (χ2n) is 39.7. The van der Waals surface area contributed by atoms with Gasteiger partial charge in [0, 0.05) is 121 Å². The number of hydrogen-bond acceptors (Lipinski definition) is 20. The molecule has 6 saturated carbocycles. The minimum atomic E-state index is -4.08. The molecule has 18 rings (SSSR count). The van der Waals surface area contributed by atoms with Crippen LogP contribution in [0.4, 0.5) is 17.3 Å². The van der Waals surface area contributed by atoms with Crippen LogP contribution in [0.1, 0.15) is 215 Å². The number of aliphatic hydroxyl groups is 4. The highest BCUT2D eigenvalue weighted by atomic mass is 127. The van der Waals surface area contributed by atoms with Gasteiger partial charge in [-0.1, -0.05) is 115 Å². The van der Waals surface area contributed by atoms with Crippen LogP contribution in [0.15, 0.2) is 93.1 Å². The number of allylic oxidation sites excluding steroid dienone is 8. The number of aryl methyl sites for hydroxylation is 6. The Morgan fingerprint density at radius 1 is 0.577 bits per heavy atom. The maximum Gasteiger partial charge on any atom is 0.737 e. The number of carbonyl (C=O) groups excluding carboxylic acids is 8. The molecule has 6 aliphatic heterocycles. The van der Waals surface area contributed by atoms with Gasteiger partial charge < -0.3 is 65.1 Å².